The second-order valence-electron chi connectivity index (χ2n) is 6.44. The van der Waals surface area contributed by atoms with Gasteiger partial charge < -0.3 is 35.4 Å². The molecule has 3 rings (SSSR count). The summed E-state index contributed by atoms with van der Waals surface area (Å²) in [4.78, 5) is 0. The molecular weight excluding hydrogens is 388 g/mol. The van der Waals surface area contributed by atoms with E-state index in [9.17, 15) is 25.5 Å². The molecule has 6 N–H and O–H groups in total. The van der Waals surface area contributed by atoms with Crippen LogP contribution in [0.15, 0.2) is 36.6 Å². The van der Waals surface area contributed by atoms with Crippen molar-refractivity contribution in [1.29, 1.82) is 0 Å². The molecule has 2 aromatic rings. The Kier molecular flexibility index (Phi) is 11.7. The molecule has 0 fully saturated rings. The molecule has 1 aliphatic rings. The lowest BCUT2D eigenvalue weighted by molar-refractivity contribution is 0.173. The summed E-state index contributed by atoms with van der Waals surface area (Å²) >= 11 is 0. The van der Waals surface area contributed by atoms with E-state index >= 15 is 0 Å². The summed E-state index contributed by atoms with van der Waals surface area (Å²) in [5.74, 6) is -1.06. The summed E-state index contributed by atoms with van der Waals surface area (Å²) in [5.41, 5.74) is 1.10. The van der Waals surface area contributed by atoms with Gasteiger partial charge in [-0.25, -0.2) is 0 Å². The van der Waals surface area contributed by atoms with E-state index < -0.39 is 23.4 Å². The van der Waals surface area contributed by atoms with Gasteiger partial charge in [0.25, 0.3) is 0 Å². The monoisotopic (exact) mass is 422 g/mol. The molecule has 0 spiro atoms. The zero-order valence-corrected chi connectivity index (χ0v) is 18.3. The zero-order valence-electron chi connectivity index (χ0n) is 18.3. The molecule has 0 amide bonds. The maximum absolute atomic E-state index is 9.77. The Morgan fingerprint density at radius 1 is 0.967 bits per heavy atom. The highest BCUT2D eigenvalue weighted by atomic mass is 16.5. The van der Waals surface area contributed by atoms with Crippen molar-refractivity contribution < 1.29 is 35.4 Å². The molecule has 0 saturated heterocycles. The van der Waals surface area contributed by atoms with Gasteiger partial charge in [0.15, 0.2) is 17.2 Å². The van der Waals surface area contributed by atoms with Gasteiger partial charge >= 0.3 is 0 Å². The highest BCUT2D eigenvalue weighted by molar-refractivity contribution is 5.53. The molecule has 1 aliphatic heterocycles. The van der Waals surface area contributed by atoms with Crippen LogP contribution in [0, 0.1) is 0 Å². The molecule has 0 radical (unpaired) electrons. The Morgan fingerprint density at radius 2 is 1.43 bits per heavy atom. The van der Waals surface area contributed by atoms with Gasteiger partial charge in [-0.1, -0.05) is 40.7 Å². The van der Waals surface area contributed by atoms with Crippen LogP contribution in [0.1, 0.15) is 64.7 Å². The standard InChI is InChI=1S/C15H14O6.C3H6O.C3H8.C2H6/c16-8-5-10(17)9-1-2-13(21-14(9)6-8)7-3-11(18)15(20)12(19)4-7;1-3(2)4;1-3-2;1-2/h3-6,13,16-20H,1-2H2;4H,1H2,2H3;3H2,1-2H3;1-2H3. The maximum Gasteiger partial charge on any atom is 0.200 e. The molecule has 7 heteroatoms. The normalized spacial score (nSPS) is 13.6. The van der Waals surface area contributed by atoms with Gasteiger partial charge in [-0.05, 0) is 37.5 Å². The zero-order chi connectivity index (χ0) is 23.4. The van der Waals surface area contributed by atoms with Crippen molar-refractivity contribution in [2.75, 3.05) is 0 Å². The molecule has 1 atom stereocenters. The van der Waals surface area contributed by atoms with Crippen molar-refractivity contribution in [2.45, 2.75) is 60.0 Å². The Morgan fingerprint density at radius 3 is 1.90 bits per heavy atom. The first kappa shape index (κ1) is 26.8. The van der Waals surface area contributed by atoms with Crippen molar-refractivity contribution >= 4 is 0 Å². The molecule has 30 heavy (non-hydrogen) atoms. The molecule has 7 nitrogen and oxygen atoms in total. The third-order valence-electron chi connectivity index (χ3n) is 3.56. The quantitative estimate of drug-likeness (QED) is 0.253. The molecule has 0 bridgehead atoms. The van der Waals surface area contributed by atoms with Gasteiger partial charge in [0.05, 0.1) is 5.76 Å². The number of aromatic hydroxyl groups is 5. The van der Waals surface area contributed by atoms with Crippen LogP contribution in [0.4, 0.5) is 0 Å². The number of phenolic OH excluding ortho intramolecular Hbond substituents is 5. The number of rotatable bonds is 1. The Hall–Kier alpha value is -3.22. The van der Waals surface area contributed by atoms with E-state index in [0.717, 1.165) is 0 Å². The molecule has 0 aliphatic carbocycles. The van der Waals surface area contributed by atoms with E-state index in [1.807, 2.05) is 13.8 Å². The Balaban J connectivity index is 0.000000806. The SMILES string of the molecule is C=C(C)O.CC.CCC.Oc1cc(O)c2c(c1)OC(c1cc(O)c(O)c(O)c1)CC2. The number of fused-ring (bicyclic) bond motifs is 1. The number of aliphatic hydroxyl groups excluding tert-OH is 1. The second-order valence-corrected chi connectivity index (χ2v) is 6.44. The van der Waals surface area contributed by atoms with Crippen LogP contribution < -0.4 is 4.74 Å². The minimum atomic E-state index is -0.578. The van der Waals surface area contributed by atoms with Crippen molar-refractivity contribution in [3.63, 3.8) is 0 Å². The molecule has 1 heterocycles. The van der Waals surface area contributed by atoms with Gasteiger partial charge in [0, 0.05) is 17.7 Å². The summed E-state index contributed by atoms with van der Waals surface area (Å²) in [6.07, 6.45) is 1.83. The van der Waals surface area contributed by atoms with Gasteiger partial charge in [-0.3, -0.25) is 0 Å². The first-order valence-corrected chi connectivity index (χ1v) is 9.91. The van der Waals surface area contributed by atoms with Gasteiger partial charge in [-0.2, -0.15) is 0 Å². The predicted molar refractivity (Wildman–Crippen MR) is 118 cm³/mol. The minimum absolute atomic E-state index is 0.0279. The largest absolute Gasteiger partial charge is 0.513 e. The van der Waals surface area contributed by atoms with Gasteiger partial charge in [0.2, 0.25) is 0 Å². The number of aliphatic hydroxyl groups is 1. The van der Waals surface area contributed by atoms with Crippen LogP contribution in [-0.4, -0.2) is 30.6 Å². The summed E-state index contributed by atoms with van der Waals surface area (Å²) < 4.78 is 5.71. The van der Waals surface area contributed by atoms with E-state index in [2.05, 4.69) is 20.4 Å². The molecule has 1 unspecified atom stereocenters. The van der Waals surface area contributed by atoms with Crippen molar-refractivity contribution in [3.8, 4) is 34.5 Å². The first-order chi connectivity index (χ1) is 14.1. The van der Waals surface area contributed by atoms with E-state index in [0.29, 0.717) is 29.7 Å². The van der Waals surface area contributed by atoms with Crippen LogP contribution >= 0.6 is 0 Å². The lowest BCUT2D eigenvalue weighted by atomic mass is 9.96. The van der Waals surface area contributed by atoms with Crippen molar-refractivity contribution in [2.24, 2.45) is 0 Å². The third kappa shape index (κ3) is 8.03. The fraction of sp³-hybridized carbons (Fsp3) is 0.391. The maximum atomic E-state index is 9.77. The predicted octanol–water partition coefficient (Wildman–Crippen LogP) is 5.80. The number of ether oxygens (including phenoxy) is 1. The number of allylic oxidation sites excluding steroid dienone is 1. The molecule has 2 aromatic carbocycles. The van der Waals surface area contributed by atoms with E-state index in [1.54, 1.807) is 0 Å². The van der Waals surface area contributed by atoms with Crippen LogP contribution in [0.5, 0.6) is 34.5 Å². The lowest BCUT2D eigenvalue weighted by Crippen LogP contribution is -2.15. The highest BCUT2D eigenvalue weighted by Crippen LogP contribution is 2.44. The lowest BCUT2D eigenvalue weighted by Gasteiger charge is -2.27. The van der Waals surface area contributed by atoms with Crippen molar-refractivity contribution in [1.82, 2.24) is 0 Å². The summed E-state index contributed by atoms with van der Waals surface area (Å²) in [5, 5.41) is 55.6. The smallest absolute Gasteiger partial charge is 0.200 e. The van der Waals surface area contributed by atoms with E-state index in [1.165, 1.54) is 37.6 Å². The highest BCUT2D eigenvalue weighted by Gasteiger charge is 2.25. The van der Waals surface area contributed by atoms with E-state index in [4.69, 9.17) is 9.84 Å². The number of hydrogen-bond acceptors (Lipinski definition) is 7. The Bertz CT molecular complexity index is 788. The first-order valence-electron chi connectivity index (χ1n) is 9.91. The average molecular weight is 423 g/mol. The number of hydrogen-bond donors (Lipinski definition) is 6. The summed E-state index contributed by atoms with van der Waals surface area (Å²) in [6, 6.07) is 5.28. The van der Waals surface area contributed by atoms with Crippen LogP contribution in [-0.2, 0) is 6.42 Å². The fourth-order valence-electron chi connectivity index (χ4n) is 2.51. The van der Waals surface area contributed by atoms with Crippen molar-refractivity contribution in [3.05, 3.63) is 47.7 Å². The van der Waals surface area contributed by atoms with Crippen LogP contribution in [0.3, 0.4) is 0 Å². The fourth-order valence-corrected chi connectivity index (χ4v) is 2.51. The van der Waals surface area contributed by atoms with Gasteiger partial charge in [0.1, 0.15) is 23.4 Å². The number of benzene rings is 2. The minimum Gasteiger partial charge on any atom is -0.513 e. The average Bonchev–Trinajstić information content (AvgIpc) is 2.67. The van der Waals surface area contributed by atoms with E-state index in [-0.39, 0.29) is 17.3 Å². The summed E-state index contributed by atoms with van der Waals surface area (Å²) in [6.45, 7) is 12.9. The topological polar surface area (TPSA) is 131 Å². The van der Waals surface area contributed by atoms with Gasteiger partial charge in [-0.15, -0.1) is 0 Å². The summed E-state index contributed by atoms with van der Waals surface area (Å²) in [7, 11) is 0. The number of phenols is 5. The Labute approximate surface area is 178 Å². The molecule has 168 valence electrons. The molecule has 0 saturated carbocycles. The third-order valence-corrected chi connectivity index (χ3v) is 3.56. The molecule has 0 aromatic heterocycles. The molecular formula is C23H34O7. The van der Waals surface area contributed by atoms with Crippen LogP contribution in [0.2, 0.25) is 0 Å². The second kappa shape index (κ2) is 13.1. The van der Waals surface area contributed by atoms with Crippen LogP contribution in [0.25, 0.3) is 0 Å².